The van der Waals surface area contributed by atoms with Gasteiger partial charge in [0.2, 0.25) is 11.5 Å². The third kappa shape index (κ3) is 3.15. The Balaban J connectivity index is 1.60. The molecule has 0 aliphatic carbocycles. The van der Waals surface area contributed by atoms with E-state index in [4.69, 9.17) is 4.42 Å². The van der Waals surface area contributed by atoms with E-state index in [-0.39, 0.29) is 29.1 Å². The molecule has 7 nitrogen and oxygen atoms in total. The topological polar surface area (TPSA) is 108 Å². The van der Waals surface area contributed by atoms with Gasteiger partial charge < -0.3 is 19.8 Å². The normalized spacial score (nSPS) is 11.4. The van der Waals surface area contributed by atoms with Crippen LogP contribution < -0.4 is 5.32 Å². The quantitative estimate of drug-likeness (QED) is 0.473. The fourth-order valence-corrected chi connectivity index (χ4v) is 2.85. The summed E-state index contributed by atoms with van der Waals surface area (Å²) in [5.74, 6) is -0.221. The molecule has 27 heavy (non-hydrogen) atoms. The average molecular weight is 363 g/mol. The molecule has 4 rings (SSSR count). The van der Waals surface area contributed by atoms with Crippen molar-refractivity contribution in [1.29, 1.82) is 0 Å². The number of nitrogens with zero attached hydrogens (tertiary/aromatic N) is 1. The van der Waals surface area contributed by atoms with E-state index < -0.39 is 0 Å². The zero-order chi connectivity index (χ0) is 19.1. The number of benzene rings is 1. The van der Waals surface area contributed by atoms with E-state index in [2.05, 4.69) is 15.3 Å². The van der Waals surface area contributed by atoms with Crippen LogP contribution in [0.3, 0.4) is 0 Å². The molecular weight excluding hydrogens is 346 g/mol. The molecule has 0 radical (unpaired) electrons. The molecule has 0 fully saturated rings. The summed E-state index contributed by atoms with van der Waals surface area (Å²) >= 11 is 0. The second-order valence-electron chi connectivity index (χ2n) is 6.66. The molecule has 3 heterocycles. The van der Waals surface area contributed by atoms with Gasteiger partial charge in [0.15, 0.2) is 5.76 Å². The van der Waals surface area contributed by atoms with Crippen molar-refractivity contribution in [2.24, 2.45) is 5.92 Å². The summed E-state index contributed by atoms with van der Waals surface area (Å²) < 4.78 is 5.48. The first-order chi connectivity index (χ1) is 12.9. The second kappa shape index (κ2) is 6.28. The van der Waals surface area contributed by atoms with Crippen LogP contribution in [-0.4, -0.2) is 26.8 Å². The number of aromatic nitrogens is 2. The Morgan fingerprint density at radius 3 is 2.74 bits per heavy atom. The van der Waals surface area contributed by atoms with Crippen molar-refractivity contribution in [2.75, 3.05) is 5.32 Å². The number of pyridine rings is 1. The van der Waals surface area contributed by atoms with Crippen molar-refractivity contribution in [3.05, 3.63) is 54.0 Å². The number of hydrogen-bond acceptors (Lipinski definition) is 5. The van der Waals surface area contributed by atoms with Crippen molar-refractivity contribution < 1.29 is 19.1 Å². The zero-order valence-electron chi connectivity index (χ0n) is 14.7. The van der Waals surface area contributed by atoms with Crippen LogP contribution in [0.4, 0.5) is 5.69 Å². The van der Waals surface area contributed by atoms with Gasteiger partial charge in [-0.2, -0.15) is 0 Å². The van der Waals surface area contributed by atoms with Crippen molar-refractivity contribution in [2.45, 2.75) is 13.8 Å². The minimum atomic E-state index is -0.339. The van der Waals surface area contributed by atoms with Crippen molar-refractivity contribution >= 4 is 39.4 Å². The maximum Gasteiger partial charge on any atom is 0.272 e. The number of phenols is 1. The number of furan rings is 1. The average Bonchev–Trinajstić information content (AvgIpc) is 3.23. The predicted octanol–water partition coefficient (Wildman–Crippen LogP) is 4.11. The Kier molecular flexibility index (Phi) is 3.92. The number of carbonyl (C=O) groups excluding carboxylic acids is 2. The first-order valence-electron chi connectivity index (χ1n) is 8.47. The minimum absolute atomic E-state index is 0.0973. The van der Waals surface area contributed by atoms with Crippen LogP contribution in [0.2, 0.25) is 0 Å². The summed E-state index contributed by atoms with van der Waals surface area (Å²) in [7, 11) is 0. The number of nitrogens with one attached hydrogen (secondary N) is 2. The van der Waals surface area contributed by atoms with Gasteiger partial charge >= 0.3 is 0 Å². The molecule has 0 bridgehead atoms. The molecule has 0 saturated heterocycles. The molecule has 136 valence electrons. The highest BCUT2D eigenvalue weighted by Gasteiger charge is 2.17. The first kappa shape index (κ1) is 16.8. The van der Waals surface area contributed by atoms with Crippen LogP contribution in [0.5, 0.6) is 5.75 Å². The maximum atomic E-state index is 12.5. The fourth-order valence-electron chi connectivity index (χ4n) is 2.85. The number of fused-ring (bicyclic) bond motifs is 2. The lowest BCUT2D eigenvalue weighted by molar-refractivity contribution is 0.0913. The largest absolute Gasteiger partial charge is 0.508 e. The van der Waals surface area contributed by atoms with Gasteiger partial charge in [-0.3, -0.25) is 9.59 Å². The third-order valence-electron chi connectivity index (χ3n) is 4.25. The highest BCUT2D eigenvalue weighted by atomic mass is 16.4. The molecule has 1 aromatic carbocycles. The van der Waals surface area contributed by atoms with Gasteiger partial charge in [-0.25, -0.2) is 4.98 Å². The number of phenolic OH excluding ortho intramolecular Hbond substituents is 1. The maximum absolute atomic E-state index is 12.5. The van der Waals surface area contributed by atoms with E-state index in [1.807, 2.05) is 0 Å². The lowest BCUT2D eigenvalue weighted by atomic mass is 10.1. The number of carbonyl (C=O) groups is 2. The number of aromatic amines is 1. The van der Waals surface area contributed by atoms with Gasteiger partial charge in [-0.15, -0.1) is 0 Å². The summed E-state index contributed by atoms with van der Waals surface area (Å²) in [6.45, 7) is 3.60. The third-order valence-corrected chi connectivity index (χ3v) is 4.25. The van der Waals surface area contributed by atoms with E-state index in [0.29, 0.717) is 22.5 Å². The van der Waals surface area contributed by atoms with Gasteiger partial charge in [0, 0.05) is 22.2 Å². The molecular formula is C20H17N3O4. The number of anilines is 1. The Morgan fingerprint density at radius 2 is 1.96 bits per heavy atom. The van der Waals surface area contributed by atoms with E-state index in [1.165, 1.54) is 6.20 Å². The van der Waals surface area contributed by atoms with Crippen molar-refractivity contribution in [1.82, 2.24) is 9.97 Å². The zero-order valence-corrected chi connectivity index (χ0v) is 14.7. The van der Waals surface area contributed by atoms with Crippen LogP contribution in [0.25, 0.3) is 22.0 Å². The Labute approximate surface area is 154 Å². The SMILES string of the molecule is CC(C)C(=O)c1cc2cc(NC(=O)c3cc4cc(O)ccc4[nH]3)cnc2o1. The monoisotopic (exact) mass is 363 g/mol. The Morgan fingerprint density at radius 1 is 1.15 bits per heavy atom. The van der Waals surface area contributed by atoms with Crippen LogP contribution in [-0.2, 0) is 0 Å². The van der Waals surface area contributed by atoms with Crippen LogP contribution in [0.15, 0.2) is 47.0 Å². The minimum Gasteiger partial charge on any atom is -0.508 e. The standard InChI is InChI=1S/C20H17N3O4/c1-10(2)18(25)17-8-12-5-13(9-21-20(12)27-17)22-19(26)16-7-11-6-14(24)3-4-15(11)23-16/h3-10,23-24H,1-2H3,(H,22,26). The van der Waals surface area contributed by atoms with E-state index in [9.17, 15) is 14.7 Å². The number of aromatic hydroxyl groups is 1. The van der Waals surface area contributed by atoms with Crippen LogP contribution >= 0.6 is 0 Å². The molecule has 1 amide bonds. The van der Waals surface area contributed by atoms with Crippen LogP contribution in [0.1, 0.15) is 34.9 Å². The van der Waals surface area contributed by atoms with E-state index in [0.717, 1.165) is 10.9 Å². The number of rotatable bonds is 4. The first-order valence-corrected chi connectivity index (χ1v) is 8.47. The smallest absolute Gasteiger partial charge is 0.272 e. The van der Waals surface area contributed by atoms with Crippen molar-refractivity contribution in [3.8, 4) is 5.75 Å². The second-order valence-corrected chi connectivity index (χ2v) is 6.66. The van der Waals surface area contributed by atoms with Gasteiger partial charge in [0.25, 0.3) is 5.91 Å². The number of Topliss-reactive ketones (excluding diaryl/α,β-unsaturated/α-hetero) is 1. The predicted molar refractivity (Wildman–Crippen MR) is 101 cm³/mol. The molecule has 0 aliphatic rings. The molecule has 0 spiro atoms. The van der Waals surface area contributed by atoms with Gasteiger partial charge in [-0.1, -0.05) is 13.8 Å². The van der Waals surface area contributed by atoms with Crippen molar-refractivity contribution in [3.63, 3.8) is 0 Å². The molecule has 0 aliphatic heterocycles. The molecule has 4 aromatic rings. The van der Waals surface area contributed by atoms with Gasteiger partial charge in [-0.05, 0) is 36.4 Å². The molecule has 0 atom stereocenters. The lowest BCUT2D eigenvalue weighted by Crippen LogP contribution is -2.12. The van der Waals surface area contributed by atoms with Gasteiger partial charge in [0.1, 0.15) is 11.4 Å². The fraction of sp³-hybridized carbons (Fsp3) is 0.150. The van der Waals surface area contributed by atoms with E-state index >= 15 is 0 Å². The summed E-state index contributed by atoms with van der Waals surface area (Å²) in [4.78, 5) is 31.7. The summed E-state index contributed by atoms with van der Waals surface area (Å²) in [5, 5.41) is 13.7. The Bertz CT molecular complexity index is 1190. The highest BCUT2D eigenvalue weighted by molar-refractivity contribution is 6.06. The summed E-state index contributed by atoms with van der Waals surface area (Å²) in [6, 6.07) is 9.82. The van der Waals surface area contributed by atoms with Crippen LogP contribution in [0, 0.1) is 5.92 Å². The summed E-state index contributed by atoms with van der Waals surface area (Å²) in [6.07, 6.45) is 1.47. The lowest BCUT2D eigenvalue weighted by Gasteiger charge is -2.02. The number of amides is 1. The highest BCUT2D eigenvalue weighted by Crippen LogP contribution is 2.24. The molecule has 0 unspecified atom stereocenters. The number of H-pyrrole nitrogens is 1. The molecule has 7 heteroatoms. The van der Waals surface area contributed by atoms with Gasteiger partial charge in [0.05, 0.1) is 11.9 Å². The van der Waals surface area contributed by atoms with E-state index in [1.54, 1.807) is 50.2 Å². The number of hydrogen-bond donors (Lipinski definition) is 3. The molecule has 3 N–H and O–H groups in total. The summed E-state index contributed by atoms with van der Waals surface area (Å²) in [5.41, 5.74) is 1.94. The number of ketones is 1. The Hall–Kier alpha value is -3.61. The molecule has 3 aromatic heterocycles. The molecule has 0 saturated carbocycles.